The Morgan fingerprint density at radius 2 is 1.61 bits per heavy atom. The Bertz CT molecular complexity index is 672. The molecule has 120 valence electrons. The van der Waals surface area contributed by atoms with E-state index in [-0.39, 0.29) is 13.2 Å². The number of hydrogen-bond acceptors (Lipinski definition) is 4. The Morgan fingerprint density at radius 1 is 1.00 bits per heavy atom. The van der Waals surface area contributed by atoms with Crippen molar-refractivity contribution in [1.29, 1.82) is 5.26 Å². The first kappa shape index (κ1) is 16.9. The number of hydrogen-bond donors (Lipinski definition) is 1. The summed E-state index contributed by atoms with van der Waals surface area (Å²) in [6.07, 6.45) is 0. The molecule has 0 amide bonds. The molecule has 1 N–H and O–H groups in total. The minimum absolute atomic E-state index is 0.0102. The molecule has 0 saturated carbocycles. The summed E-state index contributed by atoms with van der Waals surface area (Å²) >= 11 is 0. The van der Waals surface area contributed by atoms with Gasteiger partial charge in [0, 0.05) is 0 Å². The lowest BCUT2D eigenvalue weighted by Gasteiger charge is -2.20. The maximum atomic E-state index is 9.34. The third kappa shape index (κ3) is 4.48. The molecule has 0 fully saturated rings. The second-order valence-electron chi connectivity index (χ2n) is 5.73. The van der Waals surface area contributed by atoms with Crippen molar-refractivity contribution in [2.45, 2.75) is 25.9 Å². The monoisotopic (exact) mass is 311 g/mol. The summed E-state index contributed by atoms with van der Waals surface area (Å²) in [5, 5.41) is 18.1. The predicted molar refractivity (Wildman–Crippen MR) is 88.4 cm³/mol. The van der Waals surface area contributed by atoms with E-state index in [1.54, 1.807) is 12.1 Å². The van der Waals surface area contributed by atoms with Crippen LogP contribution in [0.1, 0.15) is 25.0 Å². The van der Waals surface area contributed by atoms with Gasteiger partial charge in [-0.3, -0.25) is 0 Å². The zero-order chi connectivity index (χ0) is 16.7. The van der Waals surface area contributed by atoms with Crippen LogP contribution in [0.5, 0.6) is 11.5 Å². The van der Waals surface area contributed by atoms with E-state index < -0.39 is 5.41 Å². The Balaban J connectivity index is 2.06. The van der Waals surface area contributed by atoms with E-state index in [0.717, 1.165) is 16.9 Å². The summed E-state index contributed by atoms with van der Waals surface area (Å²) in [7, 11) is 0. The number of benzene rings is 2. The third-order valence-corrected chi connectivity index (χ3v) is 3.55. The quantitative estimate of drug-likeness (QED) is 0.851. The molecular formula is C19H21NO3. The highest BCUT2D eigenvalue weighted by atomic mass is 16.5. The van der Waals surface area contributed by atoms with Gasteiger partial charge in [0.2, 0.25) is 0 Å². The fraction of sp³-hybridized carbons (Fsp3) is 0.316. The summed E-state index contributed by atoms with van der Waals surface area (Å²) in [6, 6.07) is 17.4. The first-order valence-electron chi connectivity index (χ1n) is 7.53. The van der Waals surface area contributed by atoms with Gasteiger partial charge in [-0.25, -0.2) is 0 Å². The first-order chi connectivity index (χ1) is 11.1. The van der Waals surface area contributed by atoms with Gasteiger partial charge in [0.05, 0.1) is 18.1 Å². The second kappa shape index (κ2) is 7.66. The summed E-state index contributed by atoms with van der Waals surface area (Å²) in [5.41, 5.74) is 1.42. The molecule has 4 heteroatoms. The smallest absolute Gasteiger partial charge is 0.120 e. The highest BCUT2D eigenvalue weighted by molar-refractivity contribution is 5.38. The molecule has 23 heavy (non-hydrogen) atoms. The van der Waals surface area contributed by atoms with Gasteiger partial charge in [-0.15, -0.1) is 0 Å². The highest BCUT2D eigenvalue weighted by Crippen LogP contribution is 2.27. The van der Waals surface area contributed by atoms with Gasteiger partial charge in [0.15, 0.2) is 0 Å². The van der Waals surface area contributed by atoms with E-state index in [1.165, 1.54) is 0 Å². The van der Waals surface area contributed by atoms with Gasteiger partial charge in [0.25, 0.3) is 0 Å². The molecule has 2 rings (SSSR count). The second-order valence-corrected chi connectivity index (χ2v) is 5.73. The number of nitriles is 1. The number of aliphatic hydroxyl groups is 1. The van der Waals surface area contributed by atoms with Crippen LogP contribution in [0.2, 0.25) is 0 Å². The summed E-state index contributed by atoms with van der Waals surface area (Å²) in [4.78, 5) is 0. The zero-order valence-electron chi connectivity index (χ0n) is 13.5. The Morgan fingerprint density at radius 3 is 2.22 bits per heavy atom. The summed E-state index contributed by atoms with van der Waals surface area (Å²) < 4.78 is 11.1. The molecule has 0 saturated heterocycles. The molecule has 2 aromatic rings. The third-order valence-electron chi connectivity index (χ3n) is 3.55. The van der Waals surface area contributed by atoms with Crippen molar-refractivity contribution in [2.75, 3.05) is 13.2 Å². The van der Waals surface area contributed by atoms with Crippen molar-refractivity contribution in [3.8, 4) is 17.6 Å². The van der Waals surface area contributed by atoms with Crippen molar-refractivity contribution < 1.29 is 14.6 Å². The SMILES string of the molecule is CC(C)(C#N)c1ccccc1COc1ccc(OCCO)cc1. The lowest BCUT2D eigenvalue weighted by molar-refractivity contribution is 0.201. The van der Waals surface area contributed by atoms with Crippen LogP contribution in [0, 0.1) is 11.3 Å². The average Bonchev–Trinajstić information content (AvgIpc) is 2.59. The number of ether oxygens (including phenoxy) is 2. The van der Waals surface area contributed by atoms with E-state index in [9.17, 15) is 5.26 Å². The summed E-state index contributed by atoms with van der Waals surface area (Å²) in [5.74, 6) is 1.42. The van der Waals surface area contributed by atoms with Gasteiger partial charge in [0.1, 0.15) is 24.7 Å². The molecule has 4 nitrogen and oxygen atoms in total. The van der Waals surface area contributed by atoms with Crippen LogP contribution in [0.15, 0.2) is 48.5 Å². The van der Waals surface area contributed by atoms with Crippen molar-refractivity contribution in [1.82, 2.24) is 0 Å². The Kier molecular flexibility index (Phi) is 5.61. The fourth-order valence-corrected chi connectivity index (χ4v) is 2.27. The van der Waals surface area contributed by atoms with Crippen LogP contribution in [-0.2, 0) is 12.0 Å². The van der Waals surface area contributed by atoms with Crippen LogP contribution >= 0.6 is 0 Å². The molecule has 0 aliphatic rings. The molecule has 2 aromatic carbocycles. The molecule has 0 heterocycles. The summed E-state index contributed by atoms with van der Waals surface area (Å²) in [6.45, 7) is 4.47. The minimum atomic E-state index is -0.554. The maximum Gasteiger partial charge on any atom is 0.120 e. The normalized spacial score (nSPS) is 10.9. The molecule has 0 aromatic heterocycles. The van der Waals surface area contributed by atoms with Gasteiger partial charge >= 0.3 is 0 Å². The van der Waals surface area contributed by atoms with Crippen molar-refractivity contribution in [3.05, 3.63) is 59.7 Å². The van der Waals surface area contributed by atoms with E-state index in [4.69, 9.17) is 14.6 Å². The molecule has 0 aliphatic heterocycles. The number of rotatable bonds is 7. The van der Waals surface area contributed by atoms with Gasteiger partial charge in [-0.1, -0.05) is 24.3 Å². The van der Waals surface area contributed by atoms with Crippen LogP contribution in [0.25, 0.3) is 0 Å². The van der Waals surface area contributed by atoms with Crippen LogP contribution < -0.4 is 9.47 Å². The highest BCUT2D eigenvalue weighted by Gasteiger charge is 2.22. The van der Waals surface area contributed by atoms with Gasteiger partial charge in [-0.2, -0.15) is 5.26 Å². The standard InChI is InChI=1S/C19H21NO3/c1-19(2,14-20)18-6-4-3-5-15(18)13-23-17-9-7-16(8-10-17)22-12-11-21/h3-10,21H,11-13H2,1-2H3. The van der Waals surface area contributed by atoms with Crippen LogP contribution in [0.4, 0.5) is 0 Å². The van der Waals surface area contributed by atoms with E-state index >= 15 is 0 Å². The van der Waals surface area contributed by atoms with Crippen LogP contribution in [0.3, 0.4) is 0 Å². The van der Waals surface area contributed by atoms with Crippen molar-refractivity contribution in [2.24, 2.45) is 0 Å². The average molecular weight is 311 g/mol. The lowest BCUT2D eigenvalue weighted by atomic mass is 9.83. The topological polar surface area (TPSA) is 62.5 Å². The fourth-order valence-electron chi connectivity index (χ4n) is 2.27. The van der Waals surface area contributed by atoms with E-state index in [2.05, 4.69) is 6.07 Å². The molecule has 0 unspecified atom stereocenters. The lowest BCUT2D eigenvalue weighted by Crippen LogP contribution is -2.17. The Hall–Kier alpha value is -2.51. The van der Waals surface area contributed by atoms with Gasteiger partial charge < -0.3 is 14.6 Å². The minimum Gasteiger partial charge on any atom is -0.491 e. The molecule has 0 atom stereocenters. The Labute approximate surface area is 136 Å². The number of aliphatic hydroxyl groups excluding tert-OH is 1. The molecule has 0 radical (unpaired) electrons. The van der Waals surface area contributed by atoms with Gasteiger partial charge in [-0.05, 0) is 49.2 Å². The van der Waals surface area contributed by atoms with E-state index in [0.29, 0.717) is 12.4 Å². The predicted octanol–water partition coefficient (Wildman–Crippen LogP) is 3.44. The van der Waals surface area contributed by atoms with E-state index in [1.807, 2.05) is 50.2 Å². The molecule has 0 bridgehead atoms. The first-order valence-corrected chi connectivity index (χ1v) is 7.53. The number of nitrogens with zero attached hydrogens (tertiary/aromatic N) is 1. The van der Waals surface area contributed by atoms with Crippen molar-refractivity contribution in [3.63, 3.8) is 0 Å². The molecular weight excluding hydrogens is 290 g/mol. The zero-order valence-corrected chi connectivity index (χ0v) is 13.5. The van der Waals surface area contributed by atoms with Crippen LogP contribution in [-0.4, -0.2) is 18.3 Å². The van der Waals surface area contributed by atoms with Crippen molar-refractivity contribution >= 4 is 0 Å². The molecule has 0 aliphatic carbocycles. The molecule has 0 spiro atoms. The largest absolute Gasteiger partial charge is 0.491 e. The maximum absolute atomic E-state index is 9.34.